The van der Waals surface area contributed by atoms with Gasteiger partial charge in [0.15, 0.2) is 0 Å². The number of anilines is 1. The van der Waals surface area contributed by atoms with Crippen LogP contribution in [0.3, 0.4) is 0 Å². The van der Waals surface area contributed by atoms with Crippen LogP contribution < -0.4 is 15.7 Å². The van der Waals surface area contributed by atoms with Crippen molar-refractivity contribution < 1.29 is 8.42 Å². The van der Waals surface area contributed by atoms with E-state index >= 15 is 0 Å². The molecule has 4 aromatic carbocycles. The van der Waals surface area contributed by atoms with E-state index in [1.807, 2.05) is 98.8 Å². The molecular weight excluding hydrogens is 435 g/mol. The molecule has 0 amide bonds. The van der Waals surface area contributed by atoms with Gasteiger partial charge in [-0.3, -0.25) is 5.09 Å². The van der Waals surface area contributed by atoms with Crippen molar-refractivity contribution in [2.75, 3.05) is 5.09 Å². The minimum Gasteiger partial charge on any atom is -0.345 e. The number of aryl methyl sites for hydroxylation is 2. The van der Waals surface area contributed by atoms with Crippen molar-refractivity contribution in [2.24, 2.45) is 0 Å². The lowest BCUT2D eigenvalue weighted by Crippen LogP contribution is -2.29. The fourth-order valence-electron chi connectivity index (χ4n) is 3.47. The number of hydrogen-bond acceptors (Lipinski definition) is 3. The number of rotatable bonds is 7. The quantitative estimate of drug-likeness (QED) is 0.345. The molecule has 0 radical (unpaired) electrons. The average molecular weight is 461 g/mol. The Morgan fingerprint density at radius 3 is 1.69 bits per heavy atom. The summed E-state index contributed by atoms with van der Waals surface area (Å²) in [4.78, 5) is 0.186. The number of para-hydroxylation sites is 1. The fourth-order valence-corrected chi connectivity index (χ4v) is 8.90. The second-order valence-electron chi connectivity index (χ2n) is 7.60. The topological polar surface area (TPSA) is 60.3 Å². The van der Waals surface area contributed by atoms with E-state index < -0.39 is 17.6 Å². The Morgan fingerprint density at radius 1 is 0.656 bits per heavy atom. The molecule has 4 aromatic rings. The highest BCUT2D eigenvalue weighted by atomic mass is 32.2. The summed E-state index contributed by atoms with van der Waals surface area (Å²) >= 11 is 0. The van der Waals surface area contributed by atoms with E-state index in [-0.39, 0.29) is 4.90 Å². The first-order valence-electron chi connectivity index (χ1n) is 10.3. The zero-order valence-corrected chi connectivity index (χ0v) is 19.7. The lowest BCUT2D eigenvalue weighted by atomic mass is 10.2. The van der Waals surface area contributed by atoms with Crippen molar-refractivity contribution in [3.63, 3.8) is 0 Å². The lowest BCUT2D eigenvalue weighted by Gasteiger charge is -2.38. The van der Waals surface area contributed by atoms with E-state index in [2.05, 4.69) is 9.58 Å². The van der Waals surface area contributed by atoms with Crippen LogP contribution >= 0.6 is 7.56 Å². The third-order valence-corrected chi connectivity index (χ3v) is 10.6. The van der Waals surface area contributed by atoms with Crippen LogP contribution in [0.15, 0.2) is 114 Å². The molecule has 0 fully saturated rings. The molecule has 162 valence electrons. The average Bonchev–Trinajstić information content (AvgIpc) is 2.81. The van der Waals surface area contributed by atoms with Crippen LogP contribution in [0.25, 0.3) is 4.49 Å². The maximum Gasteiger partial charge on any atom is 0.131 e. The molecule has 4 nitrogen and oxygen atoms in total. The van der Waals surface area contributed by atoms with Gasteiger partial charge in [-0.1, -0.05) is 72.3 Å². The Morgan fingerprint density at radius 2 is 1.16 bits per heavy atom. The Balaban J connectivity index is 1.94. The predicted molar refractivity (Wildman–Crippen MR) is 136 cm³/mol. The highest BCUT2D eigenvalue weighted by Crippen LogP contribution is 2.63. The Hall–Kier alpha value is -2.98. The van der Waals surface area contributed by atoms with Crippen molar-refractivity contribution >= 4 is 33.9 Å². The summed E-state index contributed by atoms with van der Waals surface area (Å²) < 4.78 is 31.9. The first-order chi connectivity index (χ1) is 15.4. The van der Waals surface area contributed by atoms with E-state index in [0.717, 1.165) is 27.4 Å². The Kier molecular flexibility index (Phi) is 6.43. The standard InChI is InChI=1S/C26H25N2O2PS/c1-21-17-19-25(20-18-21)32(29,30)28-31(23-12-5-3-6-13-23,24-14-7-4-8-15-24)27-26-16-10-9-11-22(26)2/h3-20,27H,1-2H3. The smallest absolute Gasteiger partial charge is 0.131 e. The number of benzene rings is 4. The lowest BCUT2D eigenvalue weighted by molar-refractivity contribution is 0.604. The molecule has 6 heteroatoms. The fraction of sp³-hybridized carbons (Fsp3) is 0.0769. The molecule has 32 heavy (non-hydrogen) atoms. The van der Waals surface area contributed by atoms with Gasteiger partial charge in [-0.2, -0.15) is 0 Å². The van der Waals surface area contributed by atoms with Gasteiger partial charge in [0.05, 0.1) is 10.6 Å². The first kappa shape index (κ1) is 22.2. The van der Waals surface area contributed by atoms with E-state index in [1.54, 1.807) is 24.3 Å². The van der Waals surface area contributed by atoms with E-state index in [9.17, 15) is 8.42 Å². The number of nitrogens with one attached hydrogen (secondary N) is 1. The van der Waals surface area contributed by atoms with Gasteiger partial charge < -0.3 is 4.49 Å². The molecule has 0 aliphatic rings. The highest BCUT2D eigenvalue weighted by molar-refractivity contribution is 8.10. The van der Waals surface area contributed by atoms with Crippen molar-refractivity contribution in [1.29, 1.82) is 0 Å². The Bertz CT molecular complexity index is 1250. The molecule has 0 saturated carbocycles. The van der Waals surface area contributed by atoms with Gasteiger partial charge in [0.1, 0.15) is 28.2 Å². The SMILES string of the molecule is Cc1ccc(S(=O)(=O)[N-][P+](Nc2ccccc2C)(c2ccccc2)c2ccccc2)cc1. The molecule has 0 unspecified atom stereocenters. The second kappa shape index (κ2) is 9.25. The van der Waals surface area contributed by atoms with Gasteiger partial charge in [-0.05, 0) is 61.9 Å². The van der Waals surface area contributed by atoms with E-state index in [0.29, 0.717) is 0 Å². The summed E-state index contributed by atoms with van der Waals surface area (Å²) in [6.07, 6.45) is 0. The van der Waals surface area contributed by atoms with Gasteiger partial charge >= 0.3 is 0 Å². The minimum atomic E-state index is -3.95. The van der Waals surface area contributed by atoms with Gasteiger partial charge in [0, 0.05) is 0 Å². The zero-order chi connectivity index (χ0) is 22.6. The van der Waals surface area contributed by atoms with E-state index in [4.69, 9.17) is 0 Å². The third kappa shape index (κ3) is 4.61. The van der Waals surface area contributed by atoms with Crippen LogP contribution in [0.1, 0.15) is 11.1 Å². The van der Waals surface area contributed by atoms with Crippen LogP contribution in [0.4, 0.5) is 5.69 Å². The van der Waals surface area contributed by atoms with Crippen LogP contribution in [0.2, 0.25) is 0 Å². The third-order valence-electron chi connectivity index (χ3n) is 5.24. The number of sulfonamides is 1. The molecular formula is C26H25N2O2PS. The maximum absolute atomic E-state index is 13.6. The summed E-state index contributed by atoms with van der Waals surface area (Å²) in [6, 6.07) is 34.0. The summed E-state index contributed by atoms with van der Waals surface area (Å²) in [5.41, 5.74) is 2.87. The van der Waals surface area contributed by atoms with Gasteiger partial charge in [-0.15, -0.1) is 0 Å². The van der Waals surface area contributed by atoms with Gasteiger partial charge in [0.25, 0.3) is 0 Å². The summed E-state index contributed by atoms with van der Waals surface area (Å²) in [5, 5.41) is 5.27. The molecule has 0 spiro atoms. The number of nitrogens with zero attached hydrogens (tertiary/aromatic N) is 1. The summed E-state index contributed by atoms with van der Waals surface area (Å²) in [6.45, 7) is 3.93. The van der Waals surface area contributed by atoms with Crippen LogP contribution in [-0.2, 0) is 10.0 Å². The van der Waals surface area contributed by atoms with E-state index in [1.165, 1.54) is 0 Å². The van der Waals surface area contributed by atoms with Crippen LogP contribution in [0, 0.1) is 13.8 Å². The normalized spacial score (nSPS) is 11.8. The molecule has 0 saturated heterocycles. The Labute approximate surface area is 190 Å². The van der Waals surface area contributed by atoms with Gasteiger partial charge in [-0.25, -0.2) is 8.42 Å². The summed E-state index contributed by atoms with van der Waals surface area (Å²) in [7, 11) is -6.91. The van der Waals surface area contributed by atoms with Crippen molar-refractivity contribution in [1.82, 2.24) is 0 Å². The minimum absolute atomic E-state index is 0.186. The maximum atomic E-state index is 13.6. The highest BCUT2D eigenvalue weighted by Gasteiger charge is 2.38. The van der Waals surface area contributed by atoms with Gasteiger partial charge in [0.2, 0.25) is 0 Å². The van der Waals surface area contributed by atoms with Crippen molar-refractivity contribution in [3.05, 3.63) is 125 Å². The van der Waals surface area contributed by atoms with Crippen molar-refractivity contribution in [3.8, 4) is 0 Å². The largest absolute Gasteiger partial charge is 0.345 e. The molecule has 0 bridgehead atoms. The molecule has 0 aliphatic heterocycles. The molecule has 0 heterocycles. The molecule has 0 atom stereocenters. The van der Waals surface area contributed by atoms with Crippen molar-refractivity contribution in [2.45, 2.75) is 18.7 Å². The monoisotopic (exact) mass is 460 g/mol. The summed E-state index contributed by atoms with van der Waals surface area (Å²) in [5.74, 6) is 0. The molecule has 0 aromatic heterocycles. The predicted octanol–water partition coefficient (Wildman–Crippen LogP) is 5.98. The van der Waals surface area contributed by atoms with Crippen LogP contribution in [-0.4, -0.2) is 8.42 Å². The molecule has 0 aliphatic carbocycles. The molecule has 4 rings (SSSR count). The van der Waals surface area contributed by atoms with Crippen LogP contribution in [0.5, 0.6) is 0 Å². The number of hydrogen-bond donors (Lipinski definition) is 1. The molecule has 1 N–H and O–H groups in total. The second-order valence-corrected chi connectivity index (χ2v) is 12.2. The zero-order valence-electron chi connectivity index (χ0n) is 18.0. The first-order valence-corrected chi connectivity index (χ1v) is 13.5.